The van der Waals surface area contributed by atoms with E-state index in [1.54, 1.807) is 0 Å². The first-order valence-corrected chi connectivity index (χ1v) is 8.27. The fraction of sp³-hybridized carbons (Fsp3) is 0.200. The summed E-state index contributed by atoms with van der Waals surface area (Å²) in [6.45, 7) is 0. The van der Waals surface area contributed by atoms with Crippen molar-refractivity contribution in [2.24, 2.45) is 12.8 Å². The summed E-state index contributed by atoms with van der Waals surface area (Å²) in [7, 11) is -0.255. The summed E-state index contributed by atoms with van der Waals surface area (Å²) in [6, 6.07) is 4.99. The van der Waals surface area contributed by atoms with Gasteiger partial charge in [0.15, 0.2) is 11.5 Å². The zero-order valence-corrected chi connectivity index (χ0v) is 14.5. The van der Waals surface area contributed by atoms with Crippen molar-refractivity contribution in [3.8, 4) is 11.5 Å². The van der Waals surface area contributed by atoms with Crippen molar-refractivity contribution >= 4 is 22.0 Å². The Labute approximate surface area is 144 Å². The minimum absolute atomic E-state index is 0.00943. The van der Waals surface area contributed by atoms with E-state index in [9.17, 15) is 18.0 Å². The van der Waals surface area contributed by atoms with Crippen LogP contribution in [0.3, 0.4) is 0 Å². The second kappa shape index (κ2) is 6.85. The Morgan fingerprint density at radius 1 is 1.12 bits per heavy atom. The molecule has 25 heavy (non-hydrogen) atoms. The molecule has 1 amide bonds. The number of hydrogen-bond donors (Lipinski definition) is 1. The summed E-state index contributed by atoms with van der Waals surface area (Å²) in [4.78, 5) is 22.5. The number of amides is 1. The lowest BCUT2D eigenvalue weighted by atomic mass is 10.2. The molecular weight excluding hydrogens is 352 g/mol. The number of aromatic nitrogens is 1. The molecule has 0 spiro atoms. The quantitative estimate of drug-likeness (QED) is 0.587. The Hall–Kier alpha value is -3.01. The van der Waals surface area contributed by atoms with Gasteiger partial charge in [0, 0.05) is 13.2 Å². The van der Waals surface area contributed by atoms with Crippen LogP contribution in [0.25, 0.3) is 0 Å². The van der Waals surface area contributed by atoms with Crippen LogP contribution in [0.2, 0.25) is 0 Å². The van der Waals surface area contributed by atoms with E-state index in [4.69, 9.17) is 14.7 Å². The maximum atomic E-state index is 12.4. The molecule has 1 aromatic heterocycles. The molecule has 2 rings (SSSR count). The molecule has 1 aromatic carbocycles. The van der Waals surface area contributed by atoms with Crippen molar-refractivity contribution in [1.29, 1.82) is 0 Å². The highest BCUT2D eigenvalue weighted by atomic mass is 32.2. The van der Waals surface area contributed by atoms with E-state index >= 15 is 0 Å². The second-order valence-corrected chi connectivity index (χ2v) is 6.48. The van der Waals surface area contributed by atoms with Gasteiger partial charge >= 0.3 is 16.1 Å². The maximum Gasteiger partial charge on any atom is 0.340 e. The predicted octanol–water partition coefficient (Wildman–Crippen LogP) is 0.687. The zero-order valence-electron chi connectivity index (χ0n) is 13.7. The molecule has 10 heteroatoms. The zero-order chi connectivity index (χ0) is 18.8. The van der Waals surface area contributed by atoms with Gasteiger partial charge in [0.1, 0.15) is 10.6 Å². The lowest BCUT2D eigenvalue weighted by molar-refractivity contribution is 0.0600. The number of nitrogens with two attached hydrogens (primary N) is 1. The van der Waals surface area contributed by atoms with E-state index < -0.39 is 22.0 Å². The van der Waals surface area contributed by atoms with E-state index in [1.807, 2.05) is 0 Å². The van der Waals surface area contributed by atoms with Gasteiger partial charge in [0.25, 0.3) is 5.91 Å². The van der Waals surface area contributed by atoms with E-state index in [0.717, 1.165) is 6.07 Å². The predicted molar refractivity (Wildman–Crippen MR) is 86.1 cm³/mol. The molecule has 0 fully saturated rings. The topological polar surface area (TPSA) is 127 Å². The van der Waals surface area contributed by atoms with Crippen LogP contribution >= 0.6 is 0 Å². The summed E-state index contributed by atoms with van der Waals surface area (Å²) >= 11 is 0. The van der Waals surface area contributed by atoms with Crippen LogP contribution in [0, 0.1) is 0 Å². The van der Waals surface area contributed by atoms with Crippen molar-refractivity contribution in [2.75, 3.05) is 14.2 Å². The van der Waals surface area contributed by atoms with Gasteiger partial charge in [-0.25, -0.2) is 4.79 Å². The third kappa shape index (κ3) is 3.74. The normalized spacial score (nSPS) is 11.0. The minimum Gasteiger partial charge on any atom is -0.493 e. The SMILES string of the molecule is COC(=O)c1ccc(OS(=O)(=O)c2cc(C(N)=O)n(C)c2)c(OC)c1. The fourth-order valence-electron chi connectivity index (χ4n) is 2.06. The molecule has 1 heterocycles. The molecule has 0 saturated heterocycles. The van der Waals surface area contributed by atoms with Crippen LogP contribution in [0.15, 0.2) is 35.4 Å². The van der Waals surface area contributed by atoms with Gasteiger partial charge in [-0.15, -0.1) is 0 Å². The number of hydrogen-bond acceptors (Lipinski definition) is 7. The molecule has 0 bridgehead atoms. The molecule has 2 aromatic rings. The summed E-state index contributed by atoms with van der Waals surface area (Å²) in [5, 5.41) is 0. The van der Waals surface area contributed by atoms with Crippen molar-refractivity contribution in [2.45, 2.75) is 4.90 Å². The number of ether oxygens (including phenoxy) is 2. The first kappa shape index (κ1) is 18.3. The molecule has 9 nitrogen and oxygen atoms in total. The van der Waals surface area contributed by atoms with Crippen molar-refractivity contribution < 1.29 is 31.7 Å². The van der Waals surface area contributed by atoms with E-state index in [-0.39, 0.29) is 27.7 Å². The molecule has 0 unspecified atom stereocenters. The number of aryl methyl sites for hydroxylation is 1. The second-order valence-electron chi connectivity index (χ2n) is 4.93. The first-order chi connectivity index (χ1) is 11.7. The Bertz CT molecular complexity index is 931. The van der Waals surface area contributed by atoms with E-state index in [2.05, 4.69) is 4.74 Å². The molecule has 0 aliphatic heterocycles. The number of esters is 1. The van der Waals surface area contributed by atoms with Crippen molar-refractivity contribution in [3.05, 3.63) is 41.7 Å². The maximum absolute atomic E-state index is 12.4. The Kier molecular flexibility index (Phi) is 5.02. The van der Waals surface area contributed by atoms with Crippen LogP contribution < -0.4 is 14.7 Å². The number of nitrogens with zero attached hydrogens (tertiary/aromatic N) is 1. The van der Waals surface area contributed by atoms with Gasteiger partial charge in [0.2, 0.25) is 0 Å². The van der Waals surface area contributed by atoms with E-state index in [0.29, 0.717) is 0 Å². The number of carbonyl (C=O) groups excluding carboxylic acids is 2. The minimum atomic E-state index is -4.24. The smallest absolute Gasteiger partial charge is 0.340 e. The lowest BCUT2D eigenvalue weighted by Gasteiger charge is -2.11. The van der Waals surface area contributed by atoms with Gasteiger partial charge in [-0.3, -0.25) is 4.79 Å². The van der Waals surface area contributed by atoms with Gasteiger partial charge < -0.3 is 24.0 Å². The highest BCUT2D eigenvalue weighted by Crippen LogP contribution is 2.31. The Morgan fingerprint density at radius 2 is 1.80 bits per heavy atom. The summed E-state index contributed by atoms with van der Waals surface area (Å²) < 4.78 is 40.8. The number of rotatable bonds is 6. The van der Waals surface area contributed by atoms with Crippen LogP contribution in [-0.4, -0.2) is 39.1 Å². The lowest BCUT2D eigenvalue weighted by Crippen LogP contribution is -2.14. The molecule has 0 aliphatic rings. The molecular formula is C15H16N2O7S. The van der Waals surface area contributed by atoms with Crippen LogP contribution in [0.5, 0.6) is 11.5 Å². The summed E-state index contributed by atoms with van der Waals surface area (Å²) in [5.41, 5.74) is 5.34. The van der Waals surface area contributed by atoms with Gasteiger partial charge in [-0.2, -0.15) is 8.42 Å². The third-order valence-electron chi connectivity index (χ3n) is 3.31. The molecule has 134 valence electrons. The molecule has 0 radical (unpaired) electrons. The van der Waals surface area contributed by atoms with Crippen molar-refractivity contribution in [1.82, 2.24) is 4.57 Å². The number of carbonyl (C=O) groups is 2. The average Bonchev–Trinajstić information content (AvgIpc) is 2.97. The van der Waals surface area contributed by atoms with Crippen LogP contribution in [0.1, 0.15) is 20.8 Å². The molecule has 0 aliphatic carbocycles. The third-order valence-corrected chi connectivity index (χ3v) is 4.50. The number of methoxy groups -OCH3 is 2. The largest absolute Gasteiger partial charge is 0.493 e. The molecule has 0 atom stereocenters. The average molecular weight is 368 g/mol. The summed E-state index contributed by atoms with van der Waals surface area (Å²) in [5.74, 6) is -1.48. The highest BCUT2D eigenvalue weighted by Gasteiger charge is 2.23. The van der Waals surface area contributed by atoms with Gasteiger partial charge in [-0.05, 0) is 24.3 Å². The molecule has 2 N–H and O–H groups in total. The number of benzene rings is 1. The van der Waals surface area contributed by atoms with Gasteiger partial charge in [0.05, 0.1) is 19.8 Å². The Morgan fingerprint density at radius 3 is 2.32 bits per heavy atom. The number of primary amides is 1. The van der Waals surface area contributed by atoms with Crippen molar-refractivity contribution in [3.63, 3.8) is 0 Å². The first-order valence-electron chi connectivity index (χ1n) is 6.86. The fourth-order valence-corrected chi connectivity index (χ4v) is 3.08. The Balaban J connectivity index is 2.39. The van der Waals surface area contributed by atoms with Gasteiger partial charge in [-0.1, -0.05) is 0 Å². The van der Waals surface area contributed by atoms with Crippen LogP contribution in [-0.2, 0) is 21.9 Å². The monoisotopic (exact) mass is 368 g/mol. The van der Waals surface area contributed by atoms with Crippen LogP contribution in [0.4, 0.5) is 0 Å². The highest BCUT2D eigenvalue weighted by molar-refractivity contribution is 7.87. The molecule has 0 saturated carbocycles. The standard InChI is InChI=1S/C15H16N2O7S/c1-17-8-10(7-11(17)14(16)18)25(20,21)24-12-5-4-9(15(19)23-3)6-13(12)22-2/h4-8H,1-3H3,(H2,16,18). The summed E-state index contributed by atoms with van der Waals surface area (Å²) in [6.07, 6.45) is 1.20. The van der Waals surface area contributed by atoms with E-state index in [1.165, 1.54) is 50.2 Å².